The molecule has 4 nitrogen and oxygen atoms in total. The Hall–Kier alpha value is -1.62. The van der Waals surface area contributed by atoms with Gasteiger partial charge in [0.15, 0.2) is 0 Å². The Bertz CT molecular complexity index is 542. The zero-order chi connectivity index (χ0) is 17.9. The zero-order valence-electron chi connectivity index (χ0n) is 15.3. The van der Waals surface area contributed by atoms with Crippen LogP contribution in [-0.2, 0) is 4.74 Å². The second-order valence-corrected chi connectivity index (χ2v) is 7.63. The molecule has 5 heteroatoms. The highest BCUT2D eigenvalue weighted by molar-refractivity contribution is 5.68. The number of nitrogens with one attached hydrogen (secondary N) is 1. The molecule has 0 aromatic heterocycles. The first-order valence-electron chi connectivity index (χ1n) is 8.60. The number of rotatable bonds is 4. The van der Waals surface area contributed by atoms with Crippen LogP contribution in [0.1, 0.15) is 46.2 Å². The number of likely N-dealkylation sites (tertiary alicyclic amines) is 1. The van der Waals surface area contributed by atoms with Crippen molar-refractivity contribution in [1.29, 1.82) is 0 Å². The maximum absolute atomic E-state index is 14.1. The van der Waals surface area contributed by atoms with Gasteiger partial charge in [-0.1, -0.05) is 30.3 Å². The van der Waals surface area contributed by atoms with E-state index in [2.05, 4.69) is 29.3 Å². The number of carbonyl (C=O) groups is 1. The SMILES string of the molecule is CC(F)C1CN([C@H](C)c2ccccc2)CC1NC(=O)OC(C)(C)C. The summed E-state index contributed by atoms with van der Waals surface area (Å²) in [5.41, 5.74) is 0.636. The van der Waals surface area contributed by atoms with Gasteiger partial charge in [-0.3, -0.25) is 4.90 Å². The number of benzene rings is 1. The van der Waals surface area contributed by atoms with Gasteiger partial charge in [0.05, 0.1) is 6.04 Å². The zero-order valence-corrected chi connectivity index (χ0v) is 15.3. The van der Waals surface area contributed by atoms with E-state index >= 15 is 0 Å². The largest absolute Gasteiger partial charge is 0.444 e. The Morgan fingerprint density at radius 2 is 1.88 bits per heavy atom. The van der Waals surface area contributed by atoms with E-state index in [0.29, 0.717) is 13.1 Å². The van der Waals surface area contributed by atoms with E-state index in [9.17, 15) is 9.18 Å². The highest BCUT2D eigenvalue weighted by Crippen LogP contribution is 2.30. The minimum absolute atomic E-state index is 0.179. The van der Waals surface area contributed by atoms with Gasteiger partial charge in [-0.15, -0.1) is 0 Å². The van der Waals surface area contributed by atoms with Gasteiger partial charge in [0.25, 0.3) is 0 Å². The first-order chi connectivity index (χ1) is 11.2. The van der Waals surface area contributed by atoms with Gasteiger partial charge in [-0.25, -0.2) is 9.18 Å². The number of halogens is 1. The summed E-state index contributed by atoms with van der Waals surface area (Å²) in [4.78, 5) is 14.3. The maximum Gasteiger partial charge on any atom is 0.407 e. The summed E-state index contributed by atoms with van der Waals surface area (Å²) in [5.74, 6) is -0.233. The molecule has 2 rings (SSSR count). The lowest BCUT2D eigenvalue weighted by molar-refractivity contribution is 0.0485. The minimum Gasteiger partial charge on any atom is -0.444 e. The van der Waals surface area contributed by atoms with Crippen molar-refractivity contribution in [2.75, 3.05) is 13.1 Å². The van der Waals surface area contributed by atoms with Crippen LogP contribution in [0.15, 0.2) is 30.3 Å². The number of carbonyl (C=O) groups excluding carboxylic acids is 1. The molecule has 1 heterocycles. The summed E-state index contributed by atoms with van der Waals surface area (Å²) < 4.78 is 19.4. The third kappa shape index (κ3) is 4.94. The van der Waals surface area contributed by atoms with Crippen LogP contribution >= 0.6 is 0 Å². The van der Waals surface area contributed by atoms with Crippen LogP contribution in [-0.4, -0.2) is 41.9 Å². The topological polar surface area (TPSA) is 41.6 Å². The molecular formula is C19H29FN2O2. The number of amides is 1. The van der Waals surface area contributed by atoms with E-state index in [-0.39, 0.29) is 18.0 Å². The Labute approximate surface area is 144 Å². The molecule has 3 unspecified atom stereocenters. The predicted octanol–water partition coefficient (Wildman–Crippen LogP) is 3.93. The molecule has 0 spiro atoms. The molecule has 1 amide bonds. The lowest BCUT2D eigenvalue weighted by Crippen LogP contribution is -2.45. The first-order valence-corrected chi connectivity index (χ1v) is 8.60. The van der Waals surface area contributed by atoms with Crippen LogP contribution in [0.4, 0.5) is 9.18 Å². The van der Waals surface area contributed by atoms with Crippen molar-refractivity contribution in [2.45, 2.75) is 58.5 Å². The van der Waals surface area contributed by atoms with Crippen LogP contribution in [0, 0.1) is 5.92 Å². The number of alkyl halides is 1. The standard InChI is InChI=1S/C19H29FN2O2/c1-13(20)16-11-22(14(2)15-9-7-6-8-10-15)12-17(16)21-18(23)24-19(3,4)5/h6-10,13-14,16-17H,11-12H2,1-5H3,(H,21,23)/t13?,14-,16?,17?/m1/s1. The molecule has 0 saturated carbocycles. The van der Waals surface area contributed by atoms with Crippen molar-refractivity contribution in [2.24, 2.45) is 5.92 Å². The normalized spacial score (nSPS) is 24.4. The quantitative estimate of drug-likeness (QED) is 0.906. The summed E-state index contributed by atoms with van der Waals surface area (Å²) in [5, 5.41) is 2.86. The molecule has 1 aliphatic heterocycles. The highest BCUT2D eigenvalue weighted by atomic mass is 19.1. The monoisotopic (exact) mass is 336 g/mol. The molecule has 1 aromatic carbocycles. The summed E-state index contributed by atoms with van der Waals surface area (Å²) in [6.45, 7) is 10.4. The van der Waals surface area contributed by atoms with Crippen molar-refractivity contribution in [3.63, 3.8) is 0 Å². The molecule has 0 aliphatic carbocycles. The Morgan fingerprint density at radius 3 is 2.42 bits per heavy atom. The minimum atomic E-state index is -0.988. The van der Waals surface area contributed by atoms with Gasteiger partial charge in [0.2, 0.25) is 0 Å². The van der Waals surface area contributed by atoms with Crippen LogP contribution < -0.4 is 5.32 Å². The van der Waals surface area contributed by atoms with Crippen LogP contribution in [0.5, 0.6) is 0 Å². The van der Waals surface area contributed by atoms with Crippen molar-refractivity contribution in [3.8, 4) is 0 Å². The fraction of sp³-hybridized carbons (Fsp3) is 0.632. The van der Waals surface area contributed by atoms with E-state index in [1.54, 1.807) is 6.92 Å². The smallest absolute Gasteiger partial charge is 0.407 e. The van der Waals surface area contributed by atoms with Gasteiger partial charge in [0.1, 0.15) is 11.8 Å². The Balaban J connectivity index is 2.04. The van der Waals surface area contributed by atoms with E-state index in [1.807, 2.05) is 39.0 Å². The fourth-order valence-electron chi connectivity index (χ4n) is 3.20. The predicted molar refractivity (Wildman–Crippen MR) is 93.6 cm³/mol. The molecule has 4 atom stereocenters. The summed E-state index contributed by atoms with van der Waals surface area (Å²) >= 11 is 0. The van der Waals surface area contributed by atoms with Gasteiger partial charge in [-0.2, -0.15) is 0 Å². The summed E-state index contributed by atoms with van der Waals surface area (Å²) in [6, 6.07) is 10.1. The lowest BCUT2D eigenvalue weighted by atomic mass is 9.99. The number of hydrogen-bond donors (Lipinski definition) is 1. The molecule has 24 heavy (non-hydrogen) atoms. The van der Waals surface area contributed by atoms with Gasteiger partial charge in [0, 0.05) is 25.0 Å². The Kier molecular flexibility index (Phi) is 5.86. The van der Waals surface area contributed by atoms with E-state index < -0.39 is 17.9 Å². The van der Waals surface area contributed by atoms with Gasteiger partial charge >= 0.3 is 6.09 Å². The van der Waals surface area contributed by atoms with E-state index in [1.165, 1.54) is 5.56 Å². The van der Waals surface area contributed by atoms with Crippen molar-refractivity contribution in [3.05, 3.63) is 35.9 Å². The fourth-order valence-corrected chi connectivity index (χ4v) is 3.20. The molecule has 0 radical (unpaired) electrons. The van der Waals surface area contributed by atoms with Crippen LogP contribution in [0.3, 0.4) is 0 Å². The molecule has 1 fully saturated rings. The summed E-state index contributed by atoms with van der Waals surface area (Å²) in [7, 11) is 0. The second-order valence-electron chi connectivity index (χ2n) is 7.63. The molecule has 1 saturated heterocycles. The van der Waals surface area contributed by atoms with Crippen LogP contribution in [0.2, 0.25) is 0 Å². The van der Waals surface area contributed by atoms with Gasteiger partial charge in [-0.05, 0) is 40.2 Å². The number of hydrogen-bond acceptors (Lipinski definition) is 3. The lowest BCUT2D eigenvalue weighted by Gasteiger charge is -2.25. The third-order valence-corrected chi connectivity index (χ3v) is 4.52. The molecule has 1 aliphatic rings. The highest BCUT2D eigenvalue weighted by Gasteiger charge is 2.39. The molecule has 134 valence electrons. The molecule has 1 aromatic rings. The molecule has 1 N–H and O–H groups in total. The average Bonchev–Trinajstić information content (AvgIpc) is 2.89. The van der Waals surface area contributed by atoms with E-state index in [0.717, 1.165) is 0 Å². The number of ether oxygens (including phenoxy) is 1. The average molecular weight is 336 g/mol. The molecule has 0 bridgehead atoms. The van der Waals surface area contributed by atoms with Gasteiger partial charge < -0.3 is 10.1 Å². The maximum atomic E-state index is 14.1. The number of alkyl carbamates (subject to hydrolysis) is 1. The van der Waals surface area contributed by atoms with Crippen LogP contribution in [0.25, 0.3) is 0 Å². The van der Waals surface area contributed by atoms with Crippen molar-refractivity contribution < 1.29 is 13.9 Å². The van der Waals surface area contributed by atoms with E-state index in [4.69, 9.17) is 4.74 Å². The number of nitrogens with zero attached hydrogens (tertiary/aromatic N) is 1. The third-order valence-electron chi connectivity index (χ3n) is 4.52. The first kappa shape index (κ1) is 18.7. The van der Waals surface area contributed by atoms with Crippen molar-refractivity contribution in [1.82, 2.24) is 10.2 Å². The second kappa shape index (κ2) is 7.51. The van der Waals surface area contributed by atoms with Crippen molar-refractivity contribution >= 4 is 6.09 Å². The summed E-state index contributed by atoms with van der Waals surface area (Å²) in [6.07, 6.45) is -1.47. The Morgan fingerprint density at radius 1 is 1.25 bits per heavy atom. The molecular weight excluding hydrogens is 307 g/mol.